The van der Waals surface area contributed by atoms with Crippen LogP contribution in [-0.2, 0) is 19.9 Å². The second-order valence-electron chi connectivity index (χ2n) is 7.94. The second kappa shape index (κ2) is 5.02. The van der Waals surface area contributed by atoms with Gasteiger partial charge in [-0.05, 0) is 44.9 Å². The number of anilines is 1. The van der Waals surface area contributed by atoms with Gasteiger partial charge in [0.25, 0.3) is 5.91 Å². The monoisotopic (exact) mass is 341 g/mol. The molecule has 2 atom stereocenters. The number of rotatable bonds is 1. The highest BCUT2D eigenvalue weighted by Gasteiger charge is 2.61. The quantitative estimate of drug-likeness (QED) is 0.851. The van der Waals surface area contributed by atoms with E-state index in [2.05, 4.69) is 0 Å². The molecule has 1 saturated heterocycles. The summed E-state index contributed by atoms with van der Waals surface area (Å²) < 4.78 is 5.45. The molecule has 0 bridgehead atoms. The lowest BCUT2D eigenvalue weighted by molar-refractivity contribution is -0.159. The van der Waals surface area contributed by atoms with Gasteiger partial charge in [0, 0.05) is 17.5 Å². The van der Waals surface area contributed by atoms with Crippen LogP contribution in [0.25, 0.3) is 5.57 Å². The van der Waals surface area contributed by atoms with Crippen molar-refractivity contribution in [2.45, 2.75) is 45.3 Å². The molecule has 0 radical (unpaired) electrons. The predicted molar refractivity (Wildman–Crippen MR) is 94.2 cm³/mol. The highest BCUT2D eigenvalue weighted by Crippen LogP contribution is 2.54. The van der Waals surface area contributed by atoms with E-state index in [4.69, 9.17) is 4.74 Å². The van der Waals surface area contributed by atoms with E-state index in [1.165, 1.54) is 0 Å². The lowest BCUT2D eigenvalue weighted by atomic mass is 9.77. The smallest absolute Gasteiger partial charge is 0.265 e. The predicted octanol–water partition coefficient (Wildman–Crippen LogP) is 2.33. The minimum Gasteiger partial charge on any atom is -0.380 e. The van der Waals surface area contributed by atoms with Crippen LogP contribution in [0.5, 0.6) is 0 Å². The molecule has 1 N–H and O–H groups in total. The third kappa shape index (κ3) is 2.02. The van der Waals surface area contributed by atoms with Gasteiger partial charge in [-0.25, -0.2) is 0 Å². The van der Waals surface area contributed by atoms with E-state index in [1.54, 1.807) is 4.90 Å². The van der Waals surface area contributed by atoms with Crippen LogP contribution in [0.4, 0.5) is 5.69 Å². The number of amides is 1. The molecule has 3 aliphatic heterocycles. The molecule has 0 aliphatic carbocycles. The van der Waals surface area contributed by atoms with Gasteiger partial charge in [-0.3, -0.25) is 14.5 Å². The number of carbonyl (C=O) groups is 2. The van der Waals surface area contributed by atoms with Crippen LogP contribution in [0.2, 0.25) is 0 Å². The number of ketones is 1. The van der Waals surface area contributed by atoms with Gasteiger partial charge < -0.3 is 9.84 Å². The molecule has 3 heterocycles. The third-order valence-corrected chi connectivity index (χ3v) is 5.66. The summed E-state index contributed by atoms with van der Waals surface area (Å²) in [5.74, 6) is -1.40. The molecule has 1 fully saturated rings. The minimum atomic E-state index is -1.86. The van der Waals surface area contributed by atoms with Gasteiger partial charge >= 0.3 is 0 Å². The largest absolute Gasteiger partial charge is 0.380 e. The molecule has 25 heavy (non-hydrogen) atoms. The van der Waals surface area contributed by atoms with E-state index in [9.17, 15) is 14.7 Å². The van der Waals surface area contributed by atoms with Crippen molar-refractivity contribution in [1.29, 1.82) is 0 Å². The van der Waals surface area contributed by atoms with E-state index in [-0.39, 0.29) is 18.8 Å². The van der Waals surface area contributed by atoms with E-state index < -0.39 is 23.0 Å². The number of Topliss-reactive ketones (excluding diaryl/α,β-unsaturated/α-hetero) is 1. The molecule has 0 saturated carbocycles. The Morgan fingerprint density at radius 3 is 2.64 bits per heavy atom. The zero-order valence-corrected chi connectivity index (χ0v) is 15.0. The minimum absolute atomic E-state index is 0.0739. The maximum Gasteiger partial charge on any atom is 0.265 e. The summed E-state index contributed by atoms with van der Waals surface area (Å²) in [6.07, 6.45) is 2.27. The van der Waals surface area contributed by atoms with Crippen LogP contribution in [-0.4, -0.2) is 35.5 Å². The Hall–Kier alpha value is -1.98. The van der Waals surface area contributed by atoms with Crippen molar-refractivity contribution in [3.63, 3.8) is 0 Å². The molecule has 1 aromatic carbocycles. The average Bonchev–Trinajstić information content (AvgIpc) is 2.76. The van der Waals surface area contributed by atoms with Gasteiger partial charge in [-0.15, -0.1) is 0 Å². The fourth-order valence-corrected chi connectivity index (χ4v) is 4.55. The van der Waals surface area contributed by atoms with E-state index in [0.717, 1.165) is 22.4 Å². The fraction of sp³-hybridized carbons (Fsp3) is 0.500. The average molecular weight is 341 g/mol. The number of hydrogen-bond acceptors (Lipinski definition) is 4. The molecule has 2 unspecified atom stereocenters. The van der Waals surface area contributed by atoms with Crippen LogP contribution in [0.1, 0.15) is 43.9 Å². The summed E-state index contributed by atoms with van der Waals surface area (Å²) in [7, 11) is 0. The van der Waals surface area contributed by atoms with Crippen molar-refractivity contribution in [3.05, 3.63) is 34.9 Å². The Morgan fingerprint density at radius 2 is 1.96 bits per heavy atom. The first-order valence-corrected chi connectivity index (χ1v) is 8.70. The SMILES string of the molecule is CC1=CC(C)(C)N2C(=O)C(O)(C3COCCC3=O)c3cc(C)cc1c32. The van der Waals surface area contributed by atoms with Crippen molar-refractivity contribution >= 4 is 23.0 Å². The van der Waals surface area contributed by atoms with Gasteiger partial charge in [0.15, 0.2) is 5.60 Å². The number of aryl methyl sites for hydroxylation is 1. The van der Waals surface area contributed by atoms with Crippen molar-refractivity contribution in [1.82, 2.24) is 0 Å². The Kier molecular flexibility index (Phi) is 3.31. The summed E-state index contributed by atoms with van der Waals surface area (Å²) >= 11 is 0. The first-order chi connectivity index (χ1) is 11.7. The van der Waals surface area contributed by atoms with Gasteiger partial charge in [-0.2, -0.15) is 0 Å². The lowest BCUT2D eigenvalue weighted by Gasteiger charge is -2.40. The number of carbonyl (C=O) groups excluding carboxylic acids is 2. The summed E-state index contributed by atoms with van der Waals surface area (Å²) in [5, 5.41) is 11.6. The maximum atomic E-state index is 13.4. The van der Waals surface area contributed by atoms with Gasteiger partial charge in [-0.1, -0.05) is 12.1 Å². The Balaban J connectivity index is 2.00. The molecule has 5 nitrogen and oxygen atoms in total. The zero-order valence-electron chi connectivity index (χ0n) is 15.0. The zero-order chi connectivity index (χ0) is 18.1. The topological polar surface area (TPSA) is 66.8 Å². The van der Waals surface area contributed by atoms with E-state index in [1.807, 2.05) is 45.9 Å². The van der Waals surface area contributed by atoms with Crippen molar-refractivity contribution in [2.24, 2.45) is 5.92 Å². The van der Waals surface area contributed by atoms with Crippen molar-refractivity contribution < 1.29 is 19.4 Å². The maximum absolute atomic E-state index is 13.4. The molecule has 0 spiro atoms. The number of allylic oxidation sites excluding steroid dienone is 1. The molecule has 1 amide bonds. The lowest BCUT2D eigenvalue weighted by Crippen LogP contribution is -2.56. The molecule has 5 heteroatoms. The molecular formula is C20H23NO4. The molecule has 0 aromatic heterocycles. The molecular weight excluding hydrogens is 318 g/mol. The van der Waals surface area contributed by atoms with Crippen molar-refractivity contribution in [3.8, 4) is 0 Å². The first-order valence-electron chi connectivity index (χ1n) is 8.70. The van der Waals surface area contributed by atoms with Crippen LogP contribution >= 0.6 is 0 Å². The van der Waals surface area contributed by atoms with Gasteiger partial charge in [0.05, 0.1) is 30.4 Å². The highest BCUT2D eigenvalue weighted by molar-refractivity contribution is 6.14. The second-order valence-corrected chi connectivity index (χ2v) is 7.94. The number of aliphatic hydroxyl groups is 1. The first kappa shape index (κ1) is 16.5. The number of benzene rings is 1. The Bertz CT molecular complexity index is 838. The third-order valence-electron chi connectivity index (χ3n) is 5.66. The molecule has 4 rings (SSSR count). The number of ether oxygens (including phenoxy) is 1. The summed E-state index contributed by atoms with van der Waals surface area (Å²) in [4.78, 5) is 27.6. The molecule has 1 aromatic rings. The van der Waals surface area contributed by atoms with Crippen LogP contribution in [0, 0.1) is 12.8 Å². The van der Waals surface area contributed by atoms with E-state index in [0.29, 0.717) is 12.2 Å². The molecule has 3 aliphatic rings. The Morgan fingerprint density at radius 1 is 1.24 bits per heavy atom. The van der Waals surface area contributed by atoms with Gasteiger partial charge in [0.2, 0.25) is 0 Å². The summed E-state index contributed by atoms with van der Waals surface area (Å²) in [5.41, 5.74) is 1.83. The highest BCUT2D eigenvalue weighted by atomic mass is 16.5. The number of hydrogen-bond donors (Lipinski definition) is 1. The molecule has 132 valence electrons. The normalized spacial score (nSPS) is 30.4. The van der Waals surface area contributed by atoms with Crippen LogP contribution < -0.4 is 4.90 Å². The Labute approximate surface area is 147 Å². The summed E-state index contributed by atoms with van der Waals surface area (Å²) in [6.45, 7) is 8.28. The van der Waals surface area contributed by atoms with Gasteiger partial charge in [0.1, 0.15) is 5.78 Å². The van der Waals surface area contributed by atoms with Crippen LogP contribution in [0.3, 0.4) is 0 Å². The van der Waals surface area contributed by atoms with E-state index >= 15 is 0 Å². The van der Waals surface area contributed by atoms with Crippen LogP contribution in [0.15, 0.2) is 18.2 Å². The summed E-state index contributed by atoms with van der Waals surface area (Å²) in [6, 6.07) is 3.87. The number of nitrogens with zero attached hydrogens (tertiary/aromatic N) is 1. The standard InChI is InChI=1S/C20H23NO4/c1-11-7-13-12(2)9-19(3,4)21-17(13)14(8-11)20(24,18(21)23)15-10-25-6-5-16(15)22/h7-9,15,24H,5-6,10H2,1-4H3. The van der Waals surface area contributed by atoms with Crippen molar-refractivity contribution in [2.75, 3.05) is 18.1 Å². The fourth-order valence-electron chi connectivity index (χ4n) is 4.55.